The second-order valence-corrected chi connectivity index (χ2v) is 6.83. The molecule has 2 amide bonds. The Bertz CT molecular complexity index is 987. The number of hydrogen-bond acceptors (Lipinski definition) is 3. The third-order valence-corrected chi connectivity index (χ3v) is 4.85. The molecular weight excluding hydrogens is 360 g/mol. The Kier molecular flexibility index (Phi) is 4.65. The number of hydrogen-bond donors (Lipinski definition) is 1. The summed E-state index contributed by atoms with van der Waals surface area (Å²) in [6, 6.07) is 23.2. The van der Waals surface area contributed by atoms with E-state index in [-0.39, 0.29) is 18.4 Å². The fourth-order valence-corrected chi connectivity index (χ4v) is 3.33. The van der Waals surface area contributed by atoms with Crippen LogP contribution in [0.3, 0.4) is 0 Å². The number of nitrogens with zero attached hydrogens (tertiary/aromatic N) is 1. The SMILES string of the molecule is O=C1c2ccccc2NC(c2ccccc2)C(=O)N1Cc1ccc(Cl)cc1. The molecule has 0 spiro atoms. The smallest absolute Gasteiger partial charge is 0.262 e. The normalized spacial score (nSPS) is 16.5. The van der Waals surface area contributed by atoms with Crippen LogP contribution in [0.4, 0.5) is 5.69 Å². The molecule has 1 N–H and O–H groups in total. The third-order valence-electron chi connectivity index (χ3n) is 4.60. The second kappa shape index (κ2) is 7.25. The van der Waals surface area contributed by atoms with Crippen molar-refractivity contribution in [3.8, 4) is 0 Å². The molecule has 1 unspecified atom stereocenters. The van der Waals surface area contributed by atoms with Gasteiger partial charge in [0.05, 0.1) is 12.1 Å². The van der Waals surface area contributed by atoms with Crippen LogP contribution in [0.25, 0.3) is 0 Å². The van der Waals surface area contributed by atoms with Crippen molar-refractivity contribution >= 4 is 29.1 Å². The predicted octanol–water partition coefficient (Wildman–Crippen LogP) is 4.68. The molecule has 0 saturated heterocycles. The minimum absolute atomic E-state index is 0.189. The molecule has 4 nitrogen and oxygen atoms in total. The molecule has 0 saturated carbocycles. The zero-order valence-corrected chi connectivity index (χ0v) is 15.2. The number of fused-ring (bicyclic) bond motifs is 1. The highest BCUT2D eigenvalue weighted by Crippen LogP contribution is 2.30. The molecule has 27 heavy (non-hydrogen) atoms. The van der Waals surface area contributed by atoms with Gasteiger partial charge in [-0.2, -0.15) is 0 Å². The first-order chi connectivity index (χ1) is 13.1. The van der Waals surface area contributed by atoms with E-state index < -0.39 is 6.04 Å². The van der Waals surface area contributed by atoms with Gasteiger partial charge in [-0.15, -0.1) is 0 Å². The van der Waals surface area contributed by atoms with Crippen molar-refractivity contribution in [2.24, 2.45) is 0 Å². The van der Waals surface area contributed by atoms with Crippen molar-refractivity contribution in [3.63, 3.8) is 0 Å². The van der Waals surface area contributed by atoms with Crippen LogP contribution in [0.2, 0.25) is 5.02 Å². The summed E-state index contributed by atoms with van der Waals surface area (Å²) >= 11 is 5.95. The minimum Gasteiger partial charge on any atom is -0.369 e. The monoisotopic (exact) mass is 376 g/mol. The zero-order valence-electron chi connectivity index (χ0n) is 14.4. The zero-order chi connectivity index (χ0) is 18.8. The van der Waals surface area contributed by atoms with Crippen LogP contribution in [0.5, 0.6) is 0 Å². The highest BCUT2D eigenvalue weighted by molar-refractivity contribution is 6.30. The fourth-order valence-electron chi connectivity index (χ4n) is 3.21. The minimum atomic E-state index is -0.633. The number of carbonyl (C=O) groups is 2. The highest BCUT2D eigenvalue weighted by atomic mass is 35.5. The molecule has 0 radical (unpaired) electrons. The van der Waals surface area contributed by atoms with Gasteiger partial charge in [-0.1, -0.05) is 66.2 Å². The van der Waals surface area contributed by atoms with E-state index in [0.717, 1.165) is 11.1 Å². The summed E-state index contributed by atoms with van der Waals surface area (Å²) in [5, 5.41) is 3.86. The third kappa shape index (κ3) is 3.44. The van der Waals surface area contributed by atoms with E-state index >= 15 is 0 Å². The lowest BCUT2D eigenvalue weighted by Gasteiger charge is -2.23. The van der Waals surface area contributed by atoms with Gasteiger partial charge in [0, 0.05) is 10.7 Å². The van der Waals surface area contributed by atoms with Gasteiger partial charge in [0.15, 0.2) is 0 Å². The molecule has 0 aromatic heterocycles. The Hall–Kier alpha value is -3.11. The van der Waals surface area contributed by atoms with E-state index in [1.54, 1.807) is 24.3 Å². The van der Waals surface area contributed by atoms with Crippen molar-refractivity contribution in [1.82, 2.24) is 4.90 Å². The van der Waals surface area contributed by atoms with Crippen molar-refractivity contribution in [1.29, 1.82) is 0 Å². The molecule has 1 heterocycles. The summed E-state index contributed by atoms with van der Waals surface area (Å²) in [6.45, 7) is 0.189. The summed E-state index contributed by atoms with van der Waals surface area (Å²) in [4.78, 5) is 27.8. The van der Waals surface area contributed by atoms with Crippen molar-refractivity contribution in [2.45, 2.75) is 12.6 Å². The molecule has 3 aromatic rings. The van der Waals surface area contributed by atoms with Crippen LogP contribution in [-0.4, -0.2) is 16.7 Å². The molecule has 1 aliphatic rings. The Morgan fingerprint density at radius 1 is 0.852 bits per heavy atom. The fraction of sp³-hybridized carbons (Fsp3) is 0.0909. The number of nitrogens with one attached hydrogen (secondary N) is 1. The lowest BCUT2D eigenvalue weighted by Crippen LogP contribution is -2.39. The molecule has 134 valence electrons. The Morgan fingerprint density at radius 3 is 2.26 bits per heavy atom. The molecule has 0 aliphatic carbocycles. The van der Waals surface area contributed by atoms with Gasteiger partial charge in [-0.05, 0) is 35.4 Å². The quantitative estimate of drug-likeness (QED) is 0.675. The van der Waals surface area contributed by atoms with Crippen molar-refractivity contribution in [2.75, 3.05) is 5.32 Å². The summed E-state index contributed by atoms with van der Waals surface area (Å²) in [5.74, 6) is -0.589. The number of rotatable bonds is 3. The lowest BCUT2D eigenvalue weighted by molar-refractivity contribution is -0.129. The maximum Gasteiger partial charge on any atom is 0.262 e. The first-order valence-electron chi connectivity index (χ1n) is 8.64. The molecule has 1 aliphatic heterocycles. The molecular formula is C22H17ClN2O2. The van der Waals surface area contributed by atoms with Crippen LogP contribution in [0, 0.1) is 0 Å². The summed E-state index contributed by atoms with van der Waals surface area (Å²) in [6.07, 6.45) is 0. The number of anilines is 1. The van der Waals surface area contributed by atoms with E-state index in [0.29, 0.717) is 16.3 Å². The number of benzene rings is 3. The van der Waals surface area contributed by atoms with Crippen LogP contribution in [0.15, 0.2) is 78.9 Å². The number of amides is 2. The summed E-state index contributed by atoms with van der Waals surface area (Å²) in [5.41, 5.74) is 2.79. The number of carbonyl (C=O) groups excluding carboxylic acids is 2. The van der Waals surface area contributed by atoms with Gasteiger partial charge >= 0.3 is 0 Å². The van der Waals surface area contributed by atoms with Crippen molar-refractivity contribution < 1.29 is 9.59 Å². The molecule has 3 aromatic carbocycles. The van der Waals surface area contributed by atoms with Gasteiger partial charge in [0.1, 0.15) is 6.04 Å². The van der Waals surface area contributed by atoms with Crippen molar-refractivity contribution in [3.05, 3.63) is 101 Å². The topological polar surface area (TPSA) is 49.4 Å². The average Bonchev–Trinajstić information content (AvgIpc) is 2.81. The number of imide groups is 1. The molecule has 4 rings (SSSR count). The Morgan fingerprint density at radius 2 is 1.52 bits per heavy atom. The van der Waals surface area contributed by atoms with Crippen LogP contribution >= 0.6 is 11.6 Å². The highest BCUT2D eigenvalue weighted by Gasteiger charge is 2.35. The molecule has 1 atom stereocenters. The molecule has 0 bridgehead atoms. The Labute approximate surface area is 162 Å². The summed E-state index contributed by atoms with van der Waals surface area (Å²) < 4.78 is 0. The van der Waals surface area contributed by atoms with Crippen LogP contribution in [0.1, 0.15) is 27.5 Å². The van der Waals surface area contributed by atoms with E-state index in [1.165, 1.54) is 4.90 Å². The molecule has 0 fully saturated rings. The van der Waals surface area contributed by atoms with Crippen LogP contribution < -0.4 is 5.32 Å². The summed E-state index contributed by atoms with van der Waals surface area (Å²) in [7, 11) is 0. The first-order valence-corrected chi connectivity index (χ1v) is 9.02. The van der Waals surface area contributed by atoms with E-state index in [2.05, 4.69) is 5.32 Å². The van der Waals surface area contributed by atoms with Gasteiger partial charge < -0.3 is 5.32 Å². The maximum absolute atomic E-state index is 13.3. The maximum atomic E-state index is 13.3. The second-order valence-electron chi connectivity index (χ2n) is 6.39. The average molecular weight is 377 g/mol. The van der Waals surface area contributed by atoms with Gasteiger partial charge in [-0.3, -0.25) is 14.5 Å². The van der Waals surface area contributed by atoms with E-state index in [9.17, 15) is 9.59 Å². The van der Waals surface area contributed by atoms with Gasteiger partial charge in [-0.25, -0.2) is 0 Å². The lowest BCUT2D eigenvalue weighted by atomic mass is 10.1. The van der Waals surface area contributed by atoms with Gasteiger partial charge in [0.2, 0.25) is 0 Å². The largest absolute Gasteiger partial charge is 0.369 e. The van der Waals surface area contributed by atoms with E-state index in [4.69, 9.17) is 11.6 Å². The standard InChI is InChI=1S/C22H17ClN2O2/c23-17-12-10-15(11-13-17)14-25-21(26)18-8-4-5-9-19(18)24-20(22(25)27)16-6-2-1-3-7-16/h1-13,20,24H,14H2. The number of halogens is 1. The predicted molar refractivity (Wildman–Crippen MR) is 106 cm³/mol. The molecule has 5 heteroatoms. The van der Waals surface area contributed by atoms with E-state index in [1.807, 2.05) is 54.6 Å². The first kappa shape index (κ1) is 17.3. The van der Waals surface area contributed by atoms with Gasteiger partial charge in [0.25, 0.3) is 11.8 Å². The number of para-hydroxylation sites is 1. The Balaban J connectivity index is 1.77. The van der Waals surface area contributed by atoms with Crippen LogP contribution in [-0.2, 0) is 11.3 Å².